The molecule has 3 heteroatoms. The number of aryl methyl sites for hydroxylation is 1. The molecule has 0 saturated heterocycles. The molecular weight excluding hydrogens is 164 g/mol. The van der Waals surface area contributed by atoms with Crippen molar-refractivity contribution < 1.29 is 5.11 Å². The monoisotopic (exact) mass is 180 g/mol. The summed E-state index contributed by atoms with van der Waals surface area (Å²) in [5.74, 6) is 0. The predicted octanol–water partition coefficient (Wildman–Crippen LogP) is 1.69. The maximum atomic E-state index is 8.96. The second kappa shape index (κ2) is 4.82. The van der Waals surface area contributed by atoms with Gasteiger partial charge in [0.05, 0.1) is 12.8 Å². The molecule has 0 unspecified atom stereocenters. The fraction of sp³-hybridized carbons (Fsp3) is 0.500. The molecule has 0 saturated carbocycles. The van der Waals surface area contributed by atoms with E-state index in [1.54, 1.807) is 0 Å². The molecule has 1 N–H and O–H groups in total. The zero-order valence-electron chi connectivity index (χ0n) is 8.20. The van der Waals surface area contributed by atoms with E-state index in [0.717, 1.165) is 24.1 Å². The highest BCUT2D eigenvalue weighted by Gasteiger charge is 1.95. The van der Waals surface area contributed by atoms with Crippen molar-refractivity contribution in [1.82, 2.24) is 9.78 Å². The van der Waals surface area contributed by atoms with E-state index in [2.05, 4.69) is 5.10 Å². The summed E-state index contributed by atoms with van der Waals surface area (Å²) >= 11 is 0. The molecule has 0 bridgehead atoms. The van der Waals surface area contributed by atoms with E-state index in [4.69, 9.17) is 5.11 Å². The second-order valence-corrected chi connectivity index (χ2v) is 2.94. The van der Waals surface area contributed by atoms with Crippen LogP contribution in [0.1, 0.15) is 25.8 Å². The number of hydrogen-bond acceptors (Lipinski definition) is 2. The fourth-order valence-electron chi connectivity index (χ4n) is 1.12. The normalized spacial score (nSPS) is 12.1. The van der Waals surface area contributed by atoms with Crippen molar-refractivity contribution in [1.29, 1.82) is 0 Å². The standard InChI is InChI=1S/C10H16N2O/c1-3-9(8-13)5-10-6-11-12(4-2)7-10/h5-7,13H,3-4,8H2,1-2H3. The van der Waals surface area contributed by atoms with E-state index < -0.39 is 0 Å². The van der Waals surface area contributed by atoms with Crippen molar-refractivity contribution in [3.05, 3.63) is 23.5 Å². The van der Waals surface area contributed by atoms with E-state index in [9.17, 15) is 0 Å². The Morgan fingerprint density at radius 1 is 1.62 bits per heavy atom. The summed E-state index contributed by atoms with van der Waals surface area (Å²) < 4.78 is 1.87. The van der Waals surface area contributed by atoms with Crippen LogP contribution in [0.4, 0.5) is 0 Å². The molecule has 13 heavy (non-hydrogen) atoms. The van der Waals surface area contributed by atoms with Gasteiger partial charge in [-0.3, -0.25) is 4.68 Å². The maximum Gasteiger partial charge on any atom is 0.0644 e. The lowest BCUT2D eigenvalue weighted by atomic mass is 10.1. The lowest BCUT2D eigenvalue weighted by Gasteiger charge is -1.96. The van der Waals surface area contributed by atoms with Gasteiger partial charge in [-0.1, -0.05) is 13.0 Å². The average molecular weight is 180 g/mol. The van der Waals surface area contributed by atoms with Crippen LogP contribution in [-0.4, -0.2) is 21.5 Å². The van der Waals surface area contributed by atoms with Crippen LogP contribution in [0.25, 0.3) is 6.08 Å². The number of aliphatic hydroxyl groups excluding tert-OH is 1. The largest absolute Gasteiger partial charge is 0.392 e. The average Bonchev–Trinajstić information content (AvgIpc) is 2.61. The second-order valence-electron chi connectivity index (χ2n) is 2.94. The van der Waals surface area contributed by atoms with Gasteiger partial charge in [-0.2, -0.15) is 5.10 Å². The molecule has 0 spiro atoms. The summed E-state index contributed by atoms with van der Waals surface area (Å²) in [6, 6.07) is 0. The molecule has 0 aliphatic rings. The quantitative estimate of drug-likeness (QED) is 0.765. The molecule has 0 aromatic carbocycles. The molecule has 0 aliphatic heterocycles. The first-order valence-corrected chi connectivity index (χ1v) is 4.62. The Morgan fingerprint density at radius 2 is 2.38 bits per heavy atom. The van der Waals surface area contributed by atoms with Crippen LogP contribution in [-0.2, 0) is 6.54 Å². The highest BCUT2D eigenvalue weighted by Crippen LogP contribution is 2.08. The lowest BCUT2D eigenvalue weighted by molar-refractivity contribution is 0.329. The summed E-state index contributed by atoms with van der Waals surface area (Å²) in [6.45, 7) is 5.10. The summed E-state index contributed by atoms with van der Waals surface area (Å²) in [7, 11) is 0. The van der Waals surface area contributed by atoms with Crippen molar-refractivity contribution in [2.75, 3.05) is 6.61 Å². The molecule has 1 rings (SSSR count). The third kappa shape index (κ3) is 2.70. The van der Waals surface area contributed by atoms with Crippen molar-refractivity contribution in [2.24, 2.45) is 0 Å². The molecule has 1 aromatic heterocycles. The van der Waals surface area contributed by atoms with Crippen LogP contribution < -0.4 is 0 Å². The number of nitrogens with zero attached hydrogens (tertiary/aromatic N) is 2. The molecule has 1 aromatic rings. The van der Waals surface area contributed by atoms with Gasteiger partial charge < -0.3 is 5.11 Å². The first-order chi connectivity index (χ1) is 6.30. The van der Waals surface area contributed by atoms with Crippen LogP contribution in [0.15, 0.2) is 18.0 Å². The predicted molar refractivity (Wildman–Crippen MR) is 53.3 cm³/mol. The van der Waals surface area contributed by atoms with Gasteiger partial charge >= 0.3 is 0 Å². The number of aromatic nitrogens is 2. The highest BCUT2D eigenvalue weighted by atomic mass is 16.3. The van der Waals surface area contributed by atoms with Gasteiger partial charge in [0.2, 0.25) is 0 Å². The molecule has 1 heterocycles. The summed E-state index contributed by atoms with van der Waals surface area (Å²) in [4.78, 5) is 0. The molecule has 72 valence electrons. The van der Waals surface area contributed by atoms with E-state index in [1.165, 1.54) is 0 Å². The first-order valence-electron chi connectivity index (χ1n) is 4.62. The minimum atomic E-state index is 0.133. The zero-order chi connectivity index (χ0) is 9.68. The minimum Gasteiger partial charge on any atom is -0.392 e. The first kappa shape index (κ1) is 9.99. The number of aliphatic hydroxyl groups is 1. The van der Waals surface area contributed by atoms with Gasteiger partial charge in [-0.15, -0.1) is 0 Å². The van der Waals surface area contributed by atoms with Crippen LogP contribution in [0, 0.1) is 0 Å². The third-order valence-corrected chi connectivity index (χ3v) is 2.01. The Kier molecular flexibility index (Phi) is 3.71. The fourth-order valence-corrected chi connectivity index (χ4v) is 1.12. The molecule has 0 aliphatic carbocycles. The van der Waals surface area contributed by atoms with Gasteiger partial charge in [0, 0.05) is 18.3 Å². The van der Waals surface area contributed by atoms with Crippen LogP contribution in [0.3, 0.4) is 0 Å². The van der Waals surface area contributed by atoms with Gasteiger partial charge in [0.1, 0.15) is 0 Å². The Bertz CT molecular complexity index is 283. The van der Waals surface area contributed by atoms with Crippen LogP contribution in [0.5, 0.6) is 0 Å². The van der Waals surface area contributed by atoms with E-state index in [1.807, 2.05) is 37.0 Å². The Hall–Kier alpha value is -1.09. The summed E-state index contributed by atoms with van der Waals surface area (Å²) in [5, 5.41) is 13.1. The third-order valence-electron chi connectivity index (χ3n) is 2.01. The van der Waals surface area contributed by atoms with Crippen LogP contribution in [0.2, 0.25) is 0 Å². The Morgan fingerprint density at radius 3 is 2.85 bits per heavy atom. The van der Waals surface area contributed by atoms with Crippen molar-refractivity contribution >= 4 is 6.08 Å². The molecule has 0 atom stereocenters. The van der Waals surface area contributed by atoms with Crippen molar-refractivity contribution in [3.63, 3.8) is 0 Å². The maximum absolute atomic E-state index is 8.96. The highest BCUT2D eigenvalue weighted by molar-refractivity contribution is 5.50. The van der Waals surface area contributed by atoms with E-state index >= 15 is 0 Å². The van der Waals surface area contributed by atoms with Crippen molar-refractivity contribution in [2.45, 2.75) is 26.8 Å². The van der Waals surface area contributed by atoms with E-state index in [0.29, 0.717) is 0 Å². The van der Waals surface area contributed by atoms with Gasteiger partial charge in [-0.05, 0) is 18.9 Å². The molecule has 3 nitrogen and oxygen atoms in total. The molecule has 0 amide bonds. The summed E-state index contributed by atoms with van der Waals surface area (Å²) in [6.07, 6.45) is 6.66. The molecule has 0 fully saturated rings. The van der Waals surface area contributed by atoms with Crippen LogP contribution >= 0.6 is 0 Å². The van der Waals surface area contributed by atoms with Gasteiger partial charge in [0.25, 0.3) is 0 Å². The minimum absolute atomic E-state index is 0.133. The number of rotatable bonds is 4. The van der Waals surface area contributed by atoms with E-state index in [-0.39, 0.29) is 6.61 Å². The smallest absolute Gasteiger partial charge is 0.0644 e. The van der Waals surface area contributed by atoms with Crippen molar-refractivity contribution in [3.8, 4) is 0 Å². The topological polar surface area (TPSA) is 38.0 Å². The Balaban J connectivity index is 2.77. The zero-order valence-corrected chi connectivity index (χ0v) is 8.20. The van der Waals surface area contributed by atoms with Gasteiger partial charge in [-0.25, -0.2) is 0 Å². The lowest BCUT2D eigenvalue weighted by Crippen LogP contribution is -1.92. The Labute approximate surface area is 78.7 Å². The van der Waals surface area contributed by atoms with Gasteiger partial charge in [0.15, 0.2) is 0 Å². The molecule has 0 radical (unpaired) electrons. The SMILES string of the molecule is CCC(=Cc1cnn(CC)c1)CO. The number of hydrogen-bond donors (Lipinski definition) is 1. The molecular formula is C10H16N2O. The summed E-state index contributed by atoms with van der Waals surface area (Å²) in [5.41, 5.74) is 2.10.